The fraction of sp³-hybridized carbons (Fsp3) is 0.583. The van der Waals surface area contributed by atoms with Crippen LogP contribution in [0.3, 0.4) is 0 Å². The highest BCUT2D eigenvalue weighted by atomic mass is 19.4. The number of rotatable bonds is 5. The molecule has 0 unspecified atom stereocenters. The van der Waals surface area contributed by atoms with Crippen molar-refractivity contribution < 1.29 is 32.8 Å². The predicted molar refractivity (Wildman–Crippen MR) is 74.5 cm³/mol. The van der Waals surface area contributed by atoms with Crippen LogP contribution in [0, 0.1) is 22.0 Å². The Balaban J connectivity index is 1.88. The standard InChI is InChI=1S/C12H14F3N5O5/c13-12(14,15)9-6-18(5-8(9)10(21)22)11(23)16-1-2-19-4-7(3-17-19)20(24)25/h3-4,8-9H,1-2,5-6H2,(H,16,23)(H,21,22)/t8-,9-/m1/s1. The molecule has 1 aromatic rings. The normalized spacial score (nSPS) is 20.5. The molecule has 10 nitrogen and oxygen atoms in total. The van der Waals surface area contributed by atoms with E-state index in [2.05, 4.69) is 10.4 Å². The van der Waals surface area contributed by atoms with E-state index in [1.807, 2.05) is 0 Å². The summed E-state index contributed by atoms with van der Waals surface area (Å²) in [6.45, 7) is -1.25. The van der Waals surface area contributed by atoms with Crippen molar-refractivity contribution in [2.24, 2.45) is 11.8 Å². The second-order valence-electron chi connectivity index (χ2n) is 5.45. The van der Waals surface area contributed by atoms with Gasteiger partial charge in [0.05, 0.1) is 23.3 Å². The molecule has 1 saturated heterocycles. The molecule has 1 aliphatic heterocycles. The molecule has 2 heterocycles. The number of alkyl halides is 3. The first-order chi connectivity index (χ1) is 11.6. The number of likely N-dealkylation sites (tertiary alicyclic amines) is 1. The number of carboxylic acids is 1. The van der Waals surface area contributed by atoms with E-state index < -0.39 is 48.0 Å². The van der Waals surface area contributed by atoms with Gasteiger partial charge in [0, 0.05) is 19.6 Å². The van der Waals surface area contributed by atoms with E-state index in [0.29, 0.717) is 0 Å². The maximum atomic E-state index is 12.9. The highest BCUT2D eigenvalue weighted by Crippen LogP contribution is 2.37. The molecule has 2 N–H and O–H groups in total. The number of halogens is 3. The number of nitrogens with zero attached hydrogens (tertiary/aromatic N) is 4. The van der Waals surface area contributed by atoms with Gasteiger partial charge < -0.3 is 15.3 Å². The van der Waals surface area contributed by atoms with Gasteiger partial charge in [-0.15, -0.1) is 0 Å². The van der Waals surface area contributed by atoms with Crippen LogP contribution in [0.15, 0.2) is 12.4 Å². The molecule has 0 radical (unpaired) electrons. The molecule has 1 fully saturated rings. The maximum absolute atomic E-state index is 12.9. The fourth-order valence-corrected chi connectivity index (χ4v) is 2.51. The van der Waals surface area contributed by atoms with Crippen molar-refractivity contribution in [3.8, 4) is 0 Å². The van der Waals surface area contributed by atoms with E-state index in [1.54, 1.807) is 0 Å². The van der Waals surface area contributed by atoms with Gasteiger partial charge in [-0.3, -0.25) is 19.6 Å². The number of nitro groups is 1. The average molecular weight is 365 g/mol. The lowest BCUT2D eigenvalue weighted by Crippen LogP contribution is -2.40. The Hall–Kier alpha value is -2.86. The number of aromatic nitrogens is 2. The van der Waals surface area contributed by atoms with Crippen LogP contribution in [0.4, 0.5) is 23.7 Å². The summed E-state index contributed by atoms with van der Waals surface area (Å²) in [5.74, 6) is -5.44. The molecule has 2 rings (SSSR count). The summed E-state index contributed by atoms with van der Waals surface area (Å²) in [4.78, 5) is 33.5. The van der Waals surface area contributed by atoms with Gasteiger partial charge >= 0.3 is 23.9 Å². The molecule has 0 saturated carbocycles. The van der Waals surface area contributed by atoms with Gasteiger partial charge in [0.25, 0.3) is 0 Å². The molecule has 2 amide bonds. The summed E-state index contributed by atoms with van der Waals surface area (Å²) in [5, 5.41) is 25.4. The van der Waals surface area contributed by atoms with Crippen LogP contribution in [0.1, 0.15) is 0 Å². The first-order valence-electron chi connectivity index (χ1n) is 7.08. The largest absolute Gasteiger partial charge is 0.481 e. The molecule has 0 aliphatic carbocycles. The Bertz CT molecular complexity index is 676. The zero-order valence-corrected chi connectivity index (χ0v) is 12.6. The first-order valence-corrected chi connectivity index (χ1v) is 7.08. The molecule has 2 atom stereocenters. The lowest BCUT2D eigenvalue weighted by molar-refractivity contribution is -0.385. The highest BCUT2D eigenvalue weighted by molar-refractivity contribution is 5.77. The quantitative estimate of drug-likeness (QED) is 0.583. The summed E-state index contributed by atoms with van der Waals surface area (Å²) in [6.07, 6.45) is -2.55. The summed E-state index contributed by atoms with van der Waals surface area (Å²) in [7, 11) is 0. The average Bonchev–Trinajstić information content (AvgIpc) is 3.13. The Kier molecular flexibility index (Phi) is 5.13. The number of hydrogen-bond donors (Lipinski definition) is 2. The van der Waals surface area contributed by atoms with Gasteiger partial charge in [0.15, 0.2) is 0 Å². The molecular weight excluding hydrogens is 351 g/mol. The molecule has 0 spiro atoms. The number of aliphatic carboxylic acids is 1. The van der Waals surface area contributed by atoms with E-state index in [9.17, 15) is 32.9 Å². The van der Waals surface area contributed by atoms with Crippen LogP contribution in [-0.2, 0) is 11.3 Å². The van der Waals surface area contributed by atoms with E-state index in [4.69, 9.17) is 5.11 Å². The summed E-state index contributed by atoms with van der Waals surface area (Å²) < 4.78 is 39.8. The number of amides is 2. The lowest BCUT2D eigenvalue weighted by Gasteiger charge is -2.18. The van der Waals surface area contributed by atoms with Crippen LogP contribution < -0.4 is 5.32 Å². The zero-order chi connectivity index (χ0) is 18.8. The summed E-state index contributed by atoms with van der Waals surface area (Å²) in [5.41, 5.74) is -0.233. The van der Waals surface area contributed by atoms with Crippen molar-refractivity contribution in [2.75, 3.05) is 19.6 Å². The monoisotopic (exact) mass is 365 g/mol. The van der Waals surface area contributed by atoms with Crippen LogP contribution in [0.2, 0.25) is 0 Å². The van der Waals surface area contributed by atoms with Crippen molar-refractivity contribution in [2.45, 2.75) is 12.7 Å². The van der Waals surface area contributed by atoms with E-state index in [-0.39, 0.29) is 18.8 Å². The van der Waals surface area contributed by atoms with Gasteiger partial charge in [-0.2, -0.15) is 18.3 Å². The third-order valence-electron chi connectivity index (χ3n) is 3.79. The molecule has 1 aliphatic rings. The maximum Gasteiger partial charge on any atom is 0.394 e. The van der Waals surface area contributed by atoms with Crippen molar-refractivity contribution in [1.82, 2.24) is 20.0 Å². The molecule has 138 valence electrons. The SMILES string of the molecule is O=C(O)[C@@H]1CN(C(=O)NCCn2cc([N+](=O)[O-])cn2)C[C@H]1C(F)(F)F. The van der Waals surface area contributed by atoms with Gasteiger partial charge in [0.1, 0.15) is 12.4 Å². The number of urea groups is 1. The van der Waals surface area contributed by atoms with Crippen molar-refractivity contribution in [3.05, 3.63) is 22.5 Å². The topological polar surface area (TPSA) is 131 Å². The fourth-order valence-electron chi connectivity index (χ4n) is 2.51. The summed E-state index contributed by atoms with van der Waals surface area (Å²) >= 11 is 0. The lowest BCUT2D eigenvalue weighted by atomic mass is 9.96. The zero-order valence-electron chi connectivity index (χ0n) is 12.6. The first kappa shape index (κ1) is 18.5. The number of hydrogen-bond acceptors (Lipinski definition) is 5. The predicted octanol–water partition coefficient (Wildman–Crippen LogP) is 0.696. The molecule has 0 aromatic carbocycles. The number of carbonyl (C=O) groups excluding carboxylic acids is 1. The second-order valence-corrected chi connectivity index (χ2v) is 5.45. The summed E-state index contributed by atoms with van der Waals surface area (Å²) in [6, 6.07) is -0.834. The molecule has 1 aromatic heterocycles. The third-order valence-corrected chi connectivity index (χ3v) is 3.79. The Morgan fingerprint density at radius 1 is 1.44 bits per heavy atom. The second kappa shape index (κ2) is 6.94. The molecule has 25 heavy (non-hydrogen) atoms. The number of nitrogens with one attached hydrogen (secondary N) is 1. The van der Waals surface area contributed by atoms with Gasteiger partial charge in [-0.1, -0.05) is 0 Å². The molecule has 0 bridgehead atoms. The Morgan fingerprint density at radius 3 is 2.60 bits per heavy atom. The number of carboxylic acid groups (broad SMARTS) is 1. The van der Waals surface area contributed by atoms with Crippen LogP contribution in [0.5, 0.6) is 0 Å². The third kappa shape index (κ3) is 4.36. The Labute approximate surface area is 138 Å². The van der Waals surface area contributed by atoms with Crippen molar-refractivity contribution >= 4 is 17.7 Å². The van der Waals surface area contributed by atoms with Crippen LogP contribution in [0.25, 0.3) is 0 Å². The van der Waals surface area contributed by atoms with E-state index >= 15 is 0 Å². The minimum Gasteiger partial charge on any atom is -0.481 e. The smallest absolute Gasteiger partial charge is 0.394 e. The number of carbonyl (C=O) groups is 2. The Morgan fingerprint density at radius 2 is 2.12 bits per heavy atom. The van der Waals surface area contributed by atoms with Crippen LogP contribution >= 0.6 is 0 Å². The van der Waals surface area contributed by atoms with E-state index in [0.717, 1.165) is 17.3 Å². The highest BCUT2D eigenvalue weighted by Gasteiger charge is 2.53. The minimum atomic E-state index is -4.72. The van der Waals surface area contributed by atoms with Crippen molar-refractivity contribution in [3.63, 3.8) is 0 Å². The molecule has 13 heteroatoms. The molecular formula is C12H14F3N5O5. The van der Waals surface area contributed by atoms with Crippen LogP contribution in [-0.4, -0.2) is 62.5 Å². The van der Waals surface area contributed by atoms with Gasteiger partial charge in [-0.25, -0.2) is 4.79 Å². The van der Waals surface area contributed by atoms with E-state index in [1.165, 1.54) is 4.68 Å². The van der Waals surface area contributed by atoms with Gasteiger partial charge in [0.2, 0.25) is 0 Å². The minimum absolute atomic E-state index is 0.0391. The van der Waals surface area contributed by atoms with Crippen molar-refractivity contribution in [1.29, 1.82) is 0 Å². The van der Waals surface area contributed by atoms with Gasteiger partial charge in [-0.05, 0) is 0 Å².